The first-order chi connectivity index (χ1) is 6.36. The highest BCUT2D eigenvalue weighted by Crippen LogP contribution is 2.23. The third-order valence-electron chi connectivity index (χ3n) is 3.02. The minimum absolute atomic E-state index is 0.773. The summed E-state index contributed by atoms with van der Waals surface area (Å²) in [5.41, 5.74) is 1.35. The van der Waals surface area contributed by atoms with Gasteiger partial charge in [-0.2, -0.15) is 0 Å². The molecule has 0 bridgehead atoms. The molecule has 0 amide bonds. The van der Waals surface area contributed by atoms with Crippen molar-refractivity contribution in [3.63, 3.8) is 0 Å². The SMILES string of the molecule is Cc1cc[n+](C2CCCCC2)cc1. The van der Waals surface area contributed by atoms with E-state index in [9.17, 15) is 0 Å². The fourth-order valence-electron chi connectivity index (χ4n) is 2.14. The fourth-order valence-corrected chi connectivity index (χ4v) is 2.14. The standard InChI is InChI=1S/C12H18N/c1-11-7-9-13(10-8-11)12-5-3-2-4-6-12/h7-10,12H,2-6H2,1H3/q+1. The van der Waals surface area contributed by atoms with Gasteiger partial charge in [0.25, 0.3) is 0 Å². The van der Waals surface area contributed by atoms with Crippen LogP contribution in [-0.2, 0) is 0 Å². The van der Waals surface area contributed by atoms with Gasteiger partial charge in [0.2, 0.25) is 0 Å². The van der Waals surface area contributed by atoms with Crippen LogP contribution in [0.2, 0.25) is 0 Å². The van der Waals surface area contributed by atoms with E-state index in [4.69, 9.17) is 0 Å². The number of aryl methyl sites for hydroxylation is 1. The molecule has 1 fully saturated rings. The average molecular weight is 176 g/mol. The molecule has 0 saturated heterocycles. The van der Waals surface area contributed by atoms with E-state index in [0.29, 0.717) is 0 Å². The number of nitrogens with zero attached hydrogens (tertiary/aromatic N) is 1. The zero-order valence-corrected chi connectivity index (χ0v) is 8.37. The molecule has 0 atom stereocenters. The van der Waals surface area contributed by atoms with Crippen LogP contribution in [0.15, 0.2) is 24.5 Å². The molecule has 1 heterocycles. The summed E-state index contributed by atoms with van der Waals surface area (Å²) in [5, 5.41) is 0. The first kappa shape index (κ1) is 8.74. The lowest BCUT2D eigenvalue weighted by Gasteiger charge is -2.16. The Morgan fingerprint density at radius 2 is 1.69 bits per heavy atom. The predicted molar refractivity (Wildman–Crippen MR) is 53.5 cm³/mol. The molecule has 0 spiro atoms. The molecule has 70 valence electrons. The molecule has 1 saturated carbocycles. The summed E-state index contributed by atoms with van der Waals surface area (Å²) < 4.78 is 2.38. The Labute approximate surface area is 80.4 Å². The highest BCUT2D eigenvalue weighted by molar-refractivity contribution is 5.03. The highest BCUT2D eigenvalue weighted by Gasteiger charge is 2.20. The lowest BCUT2D eigenvalue weighted by atomic mass is 9.95. The third-order valence-corrected chi connectivity index (χ3v) is 3.02. The quantitative estimate of drug-likeness (QED) is 0.579. The topological polar surface area (TPSA) is 3.88 Å². The van der Waals surface area contributed by atoms with E-state index in [-0.39, 0.29) is 0 Å². The Kier molecular flexibility index (Phi) is 2.62. The van der Waals surface area contributed by atoms with Crippen molar-refractivity contribution in [2.75, 3.05) is 0 Å². The molecule has 1 aliphatic rings. The van der Waals surface area contributed by atoms with Gasteiger partial charge in [-0.1, -0.05) is 6.42 Å². The van der Waals surface area contributed by atoms with Crippen LogP contribution in [0.25, 0.3) is 0 Å². The van der Waals surface area contributed by atoms with Gasteiger partial charge in [0.05, 0.1) is 0 Å². The summed E-state index contributed by atoms with van der Waals surface area (Å²) in [4.78, 5) is 0. The lowest BCUT2D eigenvalue weighted by molar-refractivity contribution is -0.725. The monoisotopic (exact) mass is 176 g/mol. The molecule has 0 radical (unpaired) electrons. The van der Waals surface area contributed by atoms with E-state index >= 15 is 0 Å². The lowest BCUT2D eigenvalue weighted by Crippen LogP contribution is -2.39. The van der Waals surface area contributed by atoms with Crippen molar-refractivity contribution >= 4 is 0 Å². The van der Waals surface area contributed by atoms with Crippen LogP contribution >= 0.6 is 0 Å². The van der Waals surface area contributed by atoms with Crippen LogP contribution in [0.4, 0.5) is 0 Å². The average Bonchev–Trinajstić information content (AvgIpc) is 2.20. The summed E-state index contributed by atoms with van der Waals surface area (Å²) in [5.74, 6) is 0. The molecule has 0 unspecified atom stereocenters. The van der Waals surface area contributed by atoms with E-state index in [2.05, 4.69) is 36.0 Å². The van der Waals surface area contributed by atoms with Gasteiger partial charge < -0.3 is 0 Å². The van der Waals surface area contributed by atoms with Crippen LogP contribution in [0.1, 0.15) is 43.7 Å². The maximum Gasteiger partial charge on any atom is 0.169 e. The van der Waals surface area contributed by atoms with Crippen LogP contribution in [-0.4, -0.2) is 0 Å². The second-order valence-electron chi connectivity index (χ2n) is 4.11. The molecule has 2 rings (SSSR count). The van der Waals surface area contributed by atoms with E-state index < -0.39 is 0 Å². The van der Waals surface area contributed by atoms with Gasteiger partial charge in [-0.25, -0.2) is 4.57 Å². The van der Waals surface area contributed by atoms with Crippen molar-refractivity contribution in [2.45, 2.75) is 45.1 Å². The van der Waals surface area contributed by atoms with Crippen LogP contribution in [0.3, 0.4) is 0 Å². The molecule has 1 heteroatoms. The summed E-state index contributed by atoms with van der Waals surface area (Å²) in [6, 6.07) is 5.18. The van der Waals surface area contributed by atoms with Crippen LogP contribution < -0.4 is 4.57 Å². The Morgan fingerprint density at radius 1 is 1.08 bits per heavy atom. The number of hydrogen-bond acceptors (Lipinski definition) is 0. The fraction of sp³-hybridized carbons (Fsp3) is 0.583. The second-order valence-corrected chi connectivity index (χ2v) is 4.11. The molecule has 0 aromatic carbocycles. The van der Waals surface area contributed by atoms with E-state index in [1.807, 2.05) is 0 Å². The van der Waals surface area contributed by atoms with Crippen molar-refractivity contribution in [1.82, 2.24) is 0 Å². The summed E-state index contributed by atoms with van der Waals surface area (Å²) in [6.45, 7) is 2.14. The van der Waals surface area contributed by atoms with Crippen LogP contribution in [0, 0.1) is 6.92 Å². The molecular weight excluding hydrogens is 158 g/mol. The van der Waals surface area contributed by atoms with Gasteiger partial charge in [0, 0.05) is 25.0 Å². The number of hydrogen-bond donors (Lipinski definition) is 0. The molecule has 13 heavy (non-hydrogen) atoms. The van der Waals surface area contributed by atoms with Crippen molar-refractivity contribution < 1.29 is 4.57 Å². The normalized spacial score (nSPS) is 18.8. The van der Waals surface area contributed by atoms with Crippen molar-refractivity contribution in [3.05, 3.63) is 30.1 Å². The maximum atomic E-state index is 2.38. The number of pyridine rings is 1. The molecule has 1 aromatic rings. The van der Waals surface area contributed by atoms with Gasteiger partial charge in [-0.15, -0.1) is 0 Å². The van der Waals surface area contributed by atoms with Gasteiger partial charge >= 0.3 is 0 Å². The number of aromatic nitrogens is 1. The minimum Gasteiger partial charge on any atom is -0.202 e. The van der Waals surface area contributed by atoms with E-state index in [1.54, 1.807) is 0 Å². The van der Waals surface area contributed by atoms with E-state index in [0.717, 1.165) is 6.04 Å². The molecule has 0 N–H and O–H groups in total. The predicted octanol–water partition coefficient (Wildman–Crippen LogP) is 2.79. The smallest absolute Gasteiger partial charge is 0.169 e. The summed E-state index contributed by atoms with van der Waals surface area (Å²) in [6.07, 6.45) is 11.4. The summed E-state index contributed by atoms with van der Waals surface area (Å²) in [7, 11) is 0. The zero-order chi connectivity index (χ0) is 9.10. The molecule has 1 aromatic heterocycles. The van der Waals surface area contributed by atoms with Crippen LogP contribution in [0.5, 0.6) is 0 Å². The summed E-state index contributed by atoms with van der Waals surface area (Å²) >= 11 is 0. The molecular formula is C12H18N+. The molecule has 1 aliphatic carbocycles. The Bertz CT molecular complexity index is 257. The number of rotatable bonds is 1. The molecule has 1 nitrogen and oxygen atoms in total. The first-order valence-corrected chi connectivity index (χ1v) is 5.34. The first-order valence-electron chi connectivity index (χ1n) is 5.34. The molecule has 0 aliphatic heterocycles. The van der Waals surface area contributed by atoms with Crippen molar-refractivity contribution in [2.24, 2.45) is 0 Å². The van der Waals surface area contributed by atoms with Gasteiger partial charge in [0.15, 0.2) is 18.4 Å². The third kappa shape index (κ3) is 2.09. The van der Waals surface area contributed by atoms with E-state index in [1.165, 1.54) is 37.7 Å². The van der Waals surface area contributed by atoms with Gasteiger partial charge in [-0.3, -0.25) is 0 Å². The van der Waals surface area contributed by atoms with Crippen molar-refractivity contribution in [3.8, 4) is 0 Å². The minimum atomic E-state index is 0.773. The Balaban J connectivity index is 2.10. The Hall–Kier alpha value is -0.850. The zero-order valence-electron chi connectivity index (χ0n) is 8.37. The van der Waals surface area contributed by atoms with Gasteiger partial charge in [0.1, 0.15) is 0 Å². The largest absolute Gasteiger partial charge is 0.202 e. The Morgan fingerprint density at radius 3 is 2.31 bits per heavy atom. The highest BCUT2D eigenvalue weighted by atomic mass is 15.0. The second kappa shape index (κ2) is 3.91. The van der Waals surface area contributed by atoms with Crippen molar-refractivity contribution in [1.29, 1.82) is 0 Å². The maximum absolute atomic E-state index is 2.38. The van der Waals surface area contributed by atoms with Gasteiger partial charge in [-0.05, 0) is 25.3 Å².